The average molecular weight is 391 g/mol. The number of rotatable bonds is 4. The van der Waals surface area contributed by atoms with E-state index in [0.29, 0.717) is 22.9 Å². The molecule has 0 saturated carbocycles. The van der Waals surface area contributed by atoms with Crippen molar-refractivity contribution in [3.8, 4) is 0 Å². The molecule has 2 aromatic carbocycles. The summed E-state index contributed by atoms with van der Waals surface area (Å²) in [7, 11) is 0. The normalized spacial score (nSPS) is 11.5. The van der Waals surface area contributed by atoms with E-state index in [1.54, 1.807) is 16.8 Å². The van der Waals surface area contributed by atoms with Gasteiger partial charge in [0.15, 0.2) is 0 Å². The molecule has 5 nitrogen and oxygen atoms in total. The third-order valence-electron chi connectivity index (χ3n) is 4.60. The molecule has 0 aliphatic rings. The van der Waals surface area contributed by atoms with Gasteiger partial charge in [-0.05, 0) is 43.7 Å². The summed E-state index contributed by atoms with van der Waals surface area (Å²) in [6.07, 6.45) is 3.47. The second kappa shape index (κ2) is 7.44. The number of aromatic nitrogens is 4. The molecule has 4 rings (SSSR count). The van der Waals surface area contributed by atoms with Gasteiger partial charge in [0.2, 0.25) is 0 Å². The van der Waals surface area contributed by atoms with E-state index in [1.807, 2.05) is 31.2 Å². The van der Waals surface area contributed by atoms with Crippen LogP contribution in [0.4, 0.5) is 0 Å². The van der Waals surface area contributed by atoms with Gasteiger partial charge in [0.05, 0.1) is 23.3 Å². The number of hydrogen-bond donors (Lipinski definition) is 1. The Hall–Kier alpha value is -3.18. The second-order valence-electron chi connectivity index (χ2n) is 6.73. The van der Waals surface area contributed by atoms with Gasteiger partial charge in [-0.15, -0.1) is 0 Å². The second-order valence-corrected chi connectivity index (χ2v) is 7.09. The number of nitrogens with zero attached hydrogens (tertiary/aromatic N) is 3. The third kappa shape index (κ3) is 3.62. The summed E-state index contributed by atoms with van der Waals surface area (Å²) in [5.74, 6) is 0. The topological polar surface area (TPSA) is 63.6 Å². The summed E-state index contributed by atoms with van der Waals surface area (Å²) in [5, 5.41) is 5.07. The van der Waals surface area contributed by atoms with E-state index in [2.05, 4.69) is 46.3 Å². The zero-order valence-corrected chi connectivity index (χ0v) is 16.4. The highest BCUT2D eigenvalue weighted by Crippen LogP contribution is 2.23. The minimum Gasteiger partial charge on any atom is -0.319 e. The number of nitrogens with one attached hydrogen (secondary N) is 1. The number of benzene rings is 2. The van der Waals surface area contributed by atoms with Crippen LogP contribution in [0, 0.1) is 13.8 Å². The lowest BCUT2D eigenvalue weighted by atomic mass is 10.1. The van der Waals surface area contributed by atoms with E-state index in [4.69, 9.17) is 11.6 Å². The Morgan fingerprint density at radius 1 is 1.07 bits per heavy atom. The van der Waals surface area contributed by atoms with Gasteiger partial charge in [0, 0.05) is 5.56 Å². The molecule has 0 bridgehead atoms. The van der Waals surface area contributed by atoms with E-state index in [-0.39, 0.29) is 5.56 Å². The molecule has 0 radical (unpaired) electrons. The van der Waals surface area contributed by atoms with Crippen LogP contribution in [0.5, 0.6) is 0 Å². The lowest BCUT2D eigenvalue weighted by molar-refractivity contribution is 0.680. The third-order valence-corrected chi connectivity index (χ3v) is 4.99. The number of fused-ring (bicyclic) bond motifs is 1. The van der Waals surface area contributed by atoms with Crippen LogP contribution >= 0.6 is 11.6 Å². The molecule has 0 fully saturated rings. The molecule has 140 valence electrons. The van der Waals surface area contributed by atoms with Crippen molar-refractivity contribution in [1.29, 1.82) is 0 Å². The summed E-state index contributed by atoms with van der Waals surface area (Å²) >= 11 is 6.55. The van der Waals surface area contributed by atoms with Gasteiger partial charge in [-0.1, -0.05) is 53.6 Å². The first-order valence-electron chi connectivity index (χ1n) is 8.97. The minimum atomic E-state index is -0.240. The molecule has 0 aliphatic heterocycles. The van der Waals surface area contributed by atoms with Crippen LogP contribution in [-0.4, -0.2) is 19.7 Å². The molecule has 2 heterocycles. The highest BCUT2D eigenvalue weighted by atomic mass is 35.5. The molecular weight excluding hydrogens is 372 g/mol. The standard InChI is InChI=1S/C22H19ClN4O/c1-14-7-9-16(10-8-14)13-27-21(23)17(15(2)26-27)11-12-20-22(28)25-19-6-4-3-5-18(19)24-20/h3-12H,13H2,1-2H3,(H,25,28)/b12-11+. The number of para-hydroxylation sites is 2. The van der Waals surface area contributed by atoms with Crippen molar-refractivity contribution >= 4 is 34.8 Å². The predicted octanol–water partition coefficient (Wildman–Crippen LogP) is 4.61. The van der Waals surface area contributed by atoms with E-state index in [0.717, 1.165) is 22.3 Å². The Labute approximate surface area is 167 Å². The number of hydrogen-bond acceptors (Lipinski definition) is 3. The Balaban J connectivity index is 1.65. The van der Waals surface area contributed by atoms with Gasteiger partial charge in [-0.2, -0.15) is 5.10 Å². The monoisotopic (exact) mass is 390 g/mol. The van der Waals surface area contributed by atoms with Crippen LogP contribution in [0.15, 0.2) is 53.3 Å². The first-order valence-corrected chi connectivity index (χ1v) is 9.34. The SMILES string of the molecule is Cc1ccc(Cn2nc(C)c(/C=C/c3nc4ccccc4[nH]c3=O)c2Cl)cc1. The van der Waals surface area contributed by atoms with Crippen molar-refractivity contribution in [2.24, 2.45) is 0 Å². The smallest absolute Gasteiger partial charge is 0.274 e. The van der Waals surface area contributed by atoms with E-state index < -0.39 is 0 Å². The molecule has 0 amide bonds. The summed E-state index contributed by atoms with van der Waals surface area (Å²) in [4.78, 5) is 19.5. The van der Waals surface area contributed by atoms with Crippen molar-refractivity contribution in [2.75, 3.05) is 0 Å². The number of aryl methyl sites for hydroxylation is 2. The molecule has 0 spiro atoms. The summed E-state index contributed by atoms with van der Waals surface area (Å²) in [6, 6.07) is 15.7. The maximum absolute atomic E-state index is 12.3. The highest BCUT2D eigenvalue weighted by molar-refractivity contribution is 6.31. The fourth-order valence-electron chi connectivity index (χ4n) is 3.05. The quantitative estimate of drug-likeness (QED) is 0.553. The Bertz CT molecular complexity index is 1240. The summed E-state index contributed by atoms with van der Waals surface area (Å²) in [6.45, 7) is 4.54. The van der Waals surface area contributed by atoms with E-state index in [1.165, 1.54) is 5.56 Å². The van der Waals surface area contributed by atoms with Crippen LogP contribution in [0.1, 0.15) is 28.1 Å². The fraction of sp³-hybridized carbons (Fsp3) is 0.136. The predicted molar refractivity (Wildman–Crippen MR) is 114 cm³/mol. The largest absolute Gasteiger partial charge is 0.319 e. The summed E-state index contributed by atoms with van der Waals surface area (Å²) in [5.41, 5.74) is 5.45. The van der Waals surface area contributed by atoms with Gasteiger partial charge in [-0.3, -0.25) is 4.79 Å². The zero-order valence-electron chi connectivity index (χ0n) is 15.6. The molecule has 0 atom stereocenters. The first-order chi connectivity index (χ1) is 13.5. The molecule has 0 aliphatic carbocycles. The van der Waals surface area contributed by atoms with Crippen molar-refractivity contribution in [3.63, 3.8) is 0 Å². The van der Waals surface area contributed by atoms with Crippen molar-refractivity contribution in [1.82, 2.24) is 19.7 Å². The van der Waals surface area contributed by atoms with Crippen molar-refractivity contribution < 1.29 is 0 Å². The Morgan fingerprint density at radius 2 is 1.82 bits per heavy atom. The number of aromatic amines is 1. The molecule has 0 unspecified atom stereocenters. The van der Waals surface area contributed by atoms with Crippen LogP contribution < -0.4 is 5.56 Å². The molecule has 2 aromatic heterocycles. The molecule has 28 heavy (non-hydrogen) atoms. The van der Waals surface area contributed by atoms with E-state index in [9.17, 15) is 4.79 Å². The maximum Gasteiger partial charge on any atom is 0.274 e. The van der Waals surface area contributed by atoms with Gasteiger partial charge in [0.25, 0.3) is 5.56 Å². The zero-order chi connectivity index (χ0) is 19.7. The van der Waals surface area contributed by atoms with Gasteiger partial charge in [-0.25, -0.2) is 9.67 Å². The first kappa shape index (κ1) is 18.2. The Morgan fingerprint density at radius 3 is 2.61 bits per heavy atom. The average Bonchev–Trinajstić information content (AvgIpc) is 2.95. The lowest BCUT2D eigenvalue weighted by Gasteiger charge is -2.04. The van der Waals surface area contributed by atoms with E-state index >= 15 is 0 Å². The molecule has 0 saturated heterocycles. The fourth-order valence-corrected chi connectivity index (χ4v) is 3.34. The van der Waals surface area contributed by atoms with Crippen molar-refractivity contribution in [3.05, 3.63) is 92.1 Å². The minimum absolute atomic E-state index is 0.240. The van der Waals surface area contributed by atoms with Crippen molar-refractivity contribution in [2.45, 2.75) is 20.4 Å². The van der Waals surface area contributed by atoms with Crippen LogP contribution in [0.25, 0.3) is 23.2 Å². The molecule has 4 aromatic rings. The highest BCUT2D eigenvalue weighted by Gasteiger charge is 2.12. The van der Waals surface area contributed by atoms with Crippen LogP contribution in [0.2, 0.25) is 5.15 Å². The van der Waals surface area contributed by atoms with Gasteiger partial charge in [0.1, 0.15) is 10.8 Å². The molecule has 1 N–H and O–H groups in total. The van der Waals surface area contributed by atoms with Crippen LogP contribution in [-0.2, 0) is 6.54 Å². The van der Waals surface area contributed by atoms with Gasteiger partial charge >= 0.3 is 0 Å². The lowest BCUT2D eigenvalue weighted by Crippen LogP contribution is -2.11. The molecular formula is C22H19ClN4O. The van der Waals surface area contributed by atoms with Gasteiger partial charge < -0.3 is 4.98 Å². The molecule has 6 heteroatoms. The maximum atomic E-state index is 12.3. The Kier molecular flexibility index (Phi) is 4.84. The van der Waals surface area contributed by atoms with Crippen LogP contribution in [0.3, 0.4) is 0 Å². The number of halogens is 1. The number of H-pyrrole nitrogens is 1. The summed E-state index contributed by atoms with van der Waals surface area (Å²) < 4.78 is 1.76.